The first-order valence-corrected chi connectivity index (χ1v) is 13.5. The van der Waals surface area contributed by atoms with Gasteiger partial charge in [0.25, 0.3) is 0 Å². The largest absolute Gasteiger partial charge is 1.00 e. The first kappa shape index (κ1) is 30.1. The Morgan fingerprint density at radius 2 is 0.429 bits per heavy atom. The van der Waals surface area contributed by atoms with Crippen molar-refractivity contribution in [2.45, 2.75) is 58.9 Å². The van der Waals surface area contributed by atoms with Gasteiger partial charge in [-0.3, -0.25) is 0 Å². The van der Waals surface area contributed by atoms with Crippen molar-refractivity contribution in [1.29, 1.82) is 0 Å². The molecule has 79 valence electrons. The Kier molecular flexibility index (Phi) is 53.5. The molecule has 0 spiro atoms. The van der Waals surface area contributed by atoms with Crippen molar-refractivity contribution in [3.8, 4) is 0 Å². The quantitative estimate of drug-likeness (QED) is 0.575. The third kappa shape index (κ3) is 354. The van der Waals surface area contributed by atoms with Gasteiger partial charge in [-0.25, -0.2) is 0 Å². The van der Waals surface area contributed by atoms with Gasteiger partial charge in [-0.05, 0) is 0 Å². The molecular formula is C9H27GeKSi3+. The summed E-state index contributed by atoms with van der Waals surface area (Å²) in [7, 11) is 0.361. The standard InChI is InChI=1S/3C3H9Si.Ge.K/c3*1-4(2)3;;/h3*1-3H3;;/q;;;;+1. The van der Waals surface area contributed by atoms with Crippen LogP contribution in [0.3, 0.4) is 0 Å². The minimum atomic E-state index is 0. The van der Waals surface area contributed by atoms with E-state index in [2.05, 4.69) is 58.9 Å². The SMILES string of the molecule is C[Si](C)C.C[Si](C)C.C[Si](C)C.[Ge].[K+]. The van der Waals surface area contributed by atoms with Crippen LogP contribution in [-0.4, -0.2) is 44.0 Å². The summed E-state index contributed by atoms with van der Waals surface area (Å²) in [6, 6.07) is 0. The van der Waals surface area contributed by atoms with Gasteiger partial charge in [-0.2, -0.15) is 0 Å². The van der Waals surface area contributed by atoms with Crippen LogP contribution in [0, 0.1) is 0 Å². The van der Waals surface area contributed by atoms with E-state index < -0.39 is 0 Å². The molecule has 0 unspecified atom stereocenters. The van der Waals surface area contributed by atoms with E-state index in [9.17, 15) is 0 Å². The van der Waals surface area contributed by atoms with Gasteiger partial charge in [0.2, 0.25) is 0 Å². The van der Waals surface area contributed by atoms with E-state index >= 15 is 0 Å². The fourth-order valence-corrected chi connectivity index (χ4v) is 0. The number of hydrogen-bond donors (Lipinski definition) is 0. The predicted molar refractivity (Wildman–Crippen MR) is 75.8 cm³/mol. The Labute approximate surface area is 152 Å². The van der Waals surface area contributed by atoms with Crippen LogP contribution in [0.15, 0.2) is 0 Å². The number of rotatable bonds is 0. The third-order valence-electron chi connectivity index (χ3n) is 0. The monoisotopic (exact) mass is 332 g/mol. The van der Waals surface area contributed by atoms with Crippen LogP contribution < -0.4 is 51.4 Å². The maximum absolute atomic E-state index is 2.27. The fourth-order valence-electron chi connectivity index (χ4n) is 0. The minimum absolute atomic E-state index is 0. The van der Waals surface area contributed by atoms with E-state index in [4.69, 9.17) is 0 Å². The second kappa shape index (κ2) is 24.9. The minimum Gasteiger partial charge on any atom is -0.0715 e. The van der Waals surface area contributed by atoms with E-state index in [-0.39, 0.29) is 95.4 Å². The second-order valence-corrected chi connectivity index (χ2v) is 13.5. The second-order valence-electron chi connectivity index (χ2n) is 4.50. The first-order chi connectivity index (χ1) is 5.20. The van der Waals surface area contributed by atoms with Crippen molar-refractivity contribution in [1.82, 2.24) is 0 Å². The molecule has 0 fully saturated rings. The molecule has 0 amide bonds. The van der Waals surface area contributed by atoms with E-state index in [1.54, 1.807) is 0 Å². The molecule has 0 atom stereocenters. The summed E-state index contributed by atoms with van der Waals surface area (Å²) >= 11 is 0. The predicted octanol–water partition coefficient (Wildman–Crippen LogP) is 0.735. The molecule has 0 aromatic rings. The zero-order valence-electron chi connectivity index (χ0n) is 12.0. The smallest absolute Gasteiger partial charge is 0.0715 e. The van der Waals surface area contributed by atoms with Gasteiger partial charge < -0.3 is 0 Å². The van der Waals surface area contributed by atoms with Crippen LogP contribution in [0.25, 0.3) is 0 Å². The molecule has 0 bridgehead atoms. The van der Waals surface area contributed by atoms with Crippen LogP contribution in [0.1, 0.15) is 0 Å². The van der Waals surface area contributed by atoms with Crippen molar-refractivity contribution in [2.75, 3.05) is 0 Å². The fraction of sp³-hybridized carbons (Fsp3) is 1.00. The Balaban J connectivity index is -0.0000000270. The molecule has 0 aromatic carbocycles. The maximum Gasteiger partial charge on any atom is 1.00 e. The molecule has 0 saturated carbocycles. The summed E-state index contributed by atoms with van der Waals surface area (Å²) in [5.41, 5.74) is 0. The molecule has 0 aliphatic heterocycles. The summed E-state index contributed by atoms with van der Waals surface area (Å²) in [5.74, 6) is 0. The Bertz CT molecular complexity index is 48.5. The van der Waals surface area contributed by atoms with Gasteiger partial charge in [0.15, 0.2) is 0 Å². The van der Waals surface area contributed by atoms with Crippen molar-refractivity contribution < 1.29 is 51.4 Å². The van der Waals surface area contributed by atoms with Crippen LogP contribution in [0.4, 0.5) is 0 Å². The van der Waals surface area contributed by atoms with Gasteiger partial charge in [-0.15, -0.1) is 0 Å². The molecule has 14 heavy (non-hydrogen) atoms. The summed E-state index contributed by atoms with van der Waals surface area (Å²) in [6.07, 6.45) is 0. The van der Waals surface area contributed by atoms with Crippen LogP contribution in [0.5, 0.6) is 0 Å². The van der Waals surface area contributed by atoms with Crippen LogP contribution in [0.2, 0.25) is 58.9 Å². The number of hydrogen-bond acceptors (Lipinski definition) is 0. The van der Waals surface area contributed by atoms with E-state index in [0.717, 1.165) is 0 Å². The summed E-state index contributed by atoms with van der Waals surface area (Å²) in [5, 5.41) is 0. The molecule has 7 radical (unpaired) electrons. The molecule has 0 aliphatic rings. The van der Waals surface area contributed by atoms with Crippen molar-refractivity contribution in [3.63, 3.8) is 0 Å². The summed E-state index contributed by atoms with van der Waals surface area (Å²) in [6.45, 7) is 20.4. The zero-order chi connectivity index (χ0) is 10.7. The molecule has 0 rings (SSSR count). The van der Waals surface area contributed by atoms with Crippen LogP contribution in [-0.2, 0) is 0 Å². The topological polar surface area (TPSA) is 0 Å². The van der Waals surface area contributed by atoms with Gasteiger partial charge in [0.1, 0.15) is 0 Å². The maximum atomic E-state index is 2.27. The normalized spacial score (nSPS) is 7.71. The van der Waals surface area contributed by atoms with E-state index in [1.807, 2.05) is 0 Å². The van der Waals surface area contributed by atoms with Gasteiger partial charge in [-0.1, -0.05) is 58.9 Å². The third-order valence-corrected chi connectivity index (χ3v) is 0. The molecular weight excluding hydrogens is 304 g/mol. The molecule has 0 aliphatic carbocycles. The molecule has 0 saturated heterocycles. The van der Waals surface area contributed by atoms with Crippen molar-refractivity contribution in [3.05, 3.63) is 0 Å². The molecule has 5 heteroatoms. The van der Waals surface area contributed by atoms with Gasteiger partial charge in [0, 0.05) is 44.0 Å². The van der Waals surface area contributed by atoms with E-state index in [1.165, 1.54) is 0 Å². The molecule has 0 heterocycles. The van der Waals surface area contributed by atoms with Gasteiger partial charge in [0.05, 0.1) is 0 Å². The van der Waals surface area contributed by atoms with Crippen molar-refractivity contribution in [2.24, 2.45) is 0 Å². The zero-order valence-corrected chi connectivity index (χ0v) is 20.2. The average Bonchev–Trinajstić information content (AvgIpc) is 1.54. The summed E-state index contributed by atoms with van der Waals surface area (Å²) in [4.78, 5) is 0. The Morgan fingerprint density at radius 3 is 0.429 bits per heavy atom. The van der Waals surface area contributed by atoms with Gasteiger partial charge >= 0.3 is 51.4 Å². The van der Waals surface area contributed by atoms with E-state index in [0.29, 0.717) is 0 Å². The Hall–Kier alpha value is 2.83. The van der Waals surface area contributed by atoms with Crippen LogP contribution >= 0.6 is 0 Å². The summed E-state index contributed by atoms with van der Waals surface area (Å²) < 4.78 is 0. The molecule has 0 N–H and O–H groups in total. The molecule has 0 nitrogen and oxygen atoms in total. The first-order valence-electron chi connectivity index (χ1n) is 4.50. The Morgan fingerprint density at radius 1 is 0.429 bits per heavy atom. The average molecular weight is 331 g/mol. The molecule has 0 aromatic heterocycles. The van der Waals surface area contributed by atoms with Crippen molar-refractivity contribution >= 4 is 44.0 Å².